The molecule has 1 aliphatic heterocycles. The molecule has 3 heteroatoms. The van der Waals surface area contributed by atoms with E-state index in [2.05, 4.69) is 13.8 Å². The molecule has 1 amide bonds. The Morgan fingerprint density at radius 3 is 2.67 bits per heavy atom. The molecule has 0 spiro atoms. The van der Waals surface area contributed by atoms with Crippen LogP contribution in [0.1, 0.15) is 58.8 Å². The minimum absolute atomic E-state index is 0.0390. The Morgan fingerprint density at radius 1 is 1.39 bits per heavy atom. The van der Waals surface area contributed by atoms with E-state index in [4.69, 9.17) is 0 Å². The molecule has 0 aromatic heterocycles. The molecule has 1 atom stereocenters. The first kappa shape index (κ1) is 13.9. The maximum absolute atomic E-state index is 12.1. The zero-order valence-electron chi connectivity index (χ0n) is 11.8. The minimum atomic E-state index is -0.373. The third-order valence-corrected chi connectivity index (χ3v) is 4.90. The van der Waals surface area contributed by atoms with Gasteiger partial charge in [0.15, 0.2) is 0 Å². The van der Waals surface area contributed by atoms with Crippen molar-refractivity contribution >= 4 is 5.91 Å². The first-order valence-corrected chi connectivity index (χ1v) is 7.45. The van der Waals surface area contributed by atoms with Crippen LogP contribution in [0.15, 0.2) is 0 Å². The van der Waals surface area contributed by atoms with Crippen molar-refractivity contribution in [3.63, 3.8) is 0 Å². The number of aliphatic hydroxyl groups excluding tert-OH is 1. The largest absolute Gasteiger partial charge is 0.391 e. The van der Waals surface area contributed by atoms with E-state index in [1.54, 1.807) is 0 Å². The van der Waals surface area contributed by atoms with E-state index in [9.17, 15) is 9.90 Å². The fourth-order valence-corrected chi connectivity index (χ4v) is 2.84. The Bertz CT molecular complexity index is 297. The summed E-state index contributed by atoms with van der Waals surface area (Å²) in [7, 11) is 0. The van der Waals surface area contributed by atoms with Crippen molar-refractivity contribution in [3.8, 4) is 0 Å². The molecule has 0 radical (unpaired) electrons. The quantitative estimate of drug-likeness (QED) is 0.836. The van der Waals surface area contributed by atoms with Gasteiger partial charge in [0.25, 0.3) is 0 Å². The molecule has 18 heavy (non-hydrogen) atoms. The van der Waals surface area contributed by atoms with Gasteiger partial charge < -0.3 is 10.0 Å². The van der Waals surface area contributed by atoms with Gasteiger partial charge in [-0.25, -0.2) is 0 Å². The first-order chi connectivity index (χ1) is 8.49. The summed E-state index contributed by atoms with van der Waals surface area (Å²) >= 11 is 0. The van der Waals surface area contributed by atoms with Gasteiger partial charge in [-0.1, -0.05) is 33.1 Å². The predicted octanol–water partition coefficient (Wildman–Crippen LogP) is 2.58. The zero-order valence-corrected chi connectivity index (χ0v) is 11.8. The number of aliphatic hydroxyl groups is 1. The summed E-state index contributed by atoms with van der Waals surface area (Å²) in [5, 5.41) is 10.0. The Kier molecular flexibility index (Phi) is 4.31. The molecule has 1 unspecified atom stereocenters. The third kappa shape index (κ3) is 3.25. The van der Waals surface area contributed by atoms with Crippen molar-refractivity contribution in [2.45, 2.75) is 64.9 Å². The molecule has 1 N–H and O–H groups in total. The highest BCUT2D eigenvalue weighted by atomic mass is 16.3. The van der Waals surface area contributed by atoms with Gasteiger partial charge in [0, 0.05) is 19.5 Å². The average Bonchev–Trinajstić information content (AvgIpc) is 2.25. The number of hydrogen-bond donors (Lipinski definition) is 1. The summed E-state index contributed by atoms with van der Waals surface area (Å²) in [4.78, 5) is 13.9. The number of carbonyl (C=O) groups excluding carboxylic acids is 1. The van der Waals surface area contributed by atoms with Crippen molar-refractivity contribution in [2.75, 3.05) is 13.1 Å². The summed E-state index contributed by atoms with van der Waals surface area (Å²) in [5.41, 5.74) is -0.0390. The van der Waals surface area contributed by atoms with Gasteiger partial charge in [-0.2, -0.15) is 0 Å². The number of piperidine rings is 1. The molecule has 2 fully saturated rings. The molecule has 0 bridgehead atoms. The van der Waals surface area contributed by atoms with E-state index in [1.807, 2.05) is 4.90 Å². The highest BCUT2D eigenvalue weighted by molar-refractivity contribution is 5.76. The van der Waals surface area contributed by atoms with Crippen molar-refractivity contribution in [1.82, 2.24) is 4.90 Å². The van der Waals surface area contributed by atoms with Crippen LogP contribution >= 0.6 is 0 Å². The molecular formula is C15H27NO2. The number of nitrogens with zero attached hydrogens (tertiary/aromatic N) is 1. The summed E-state index contributed by atoms with van der Waals surface area (Å²) in [6.07, 6.45) is 7.56. The van der Waals surface area contributed by atoms with Crippen molar-refractivity contribution in [3.05, 3.63) is 0 Å². The van der Waals surface area contributed by atoms with Gasteiger partial charge in [-0.05, 0) is 30.6 Å². The number of carbonyl (C=O) groups is 1. The van der Waals surface area contributed by atoms with Gasteiger partial charge in [-0.3, -0.25) is 4.79 Å². The number of rotatable bonds is 4. The Balaban J connectivity index is 1.69. The topological polar surface area (TPSA) is 40.5 Å². The van der Waals surface area contributed by atoms with Crippen LogP contribution in [-0.4, -0.2) is 35.1 Å². The number of likely N-dealkylation sites (tertiary alicyclic amines) is 1. The van der Waals surface area contributed by atoms with Crippen LogP contribution in [0.25, 0.3) is 0 Å². The Hall–Kier alpha value is -0.570. The molecule has 3 nitrogen and oxygen atoms in total. The summed E-state index contributed by atoms with van der Waals surface area (Å²) in [6.45, 7) is 5.49. The smallest absolute Gasteiger partial charge is 0.222 e. The lowest BCUT2D eigenvalue weighted by Gasteiger charge is -2.41. The lowest BCUT2D eigenvalue weighted by molar-refractivity contribution is -0.138. The number of β-amino-alcohol motifs (C(OH)–C–C–N with tert-alkyl or cyclic N) is 1. The van der Waals surface area contributed by atoms with Crippen LogP contribution in [0.2, 0.25) is 0 Å². The predicted molar refractivity (Wildman–Crippen MR) is 72.2 cm³/mol. The van der Waals surface area contributed by atoms with E-state index in [0.717, 1.165) is 25.3 Å². The molecule has 104 valence electrons. The van der Waals surface area contributed by atoms with Crippen LogP contribution in [0.5, 0.6) is 0 Å². The molecule has 0 aromatic rings. The van der Waals surface area contributed by atoms with Gasteiger partial charge in [0.1, 0.15) is 0 Å². The summed E-state index contributed by atoms with van der Waals surface area (Å²) in [5.74, 6) is 1.13. The molecule has 2 rings (SSSR count). The van der Waals surface area contributed by atoms with E-state index in [-0.39, 0.29) is 17.4 Å². The van der Waals surface area contributed by atoms with Crippen molar-refractivity contribution < 1.29 is 9.90 Å². The van der Waals surface area contributed by atoms with Crippen LogP contribution in [0.3, 0.4) is 0 Å². The first-order valence-electron chi connectivity index (χ1n) is 7.45. The van der Waals surface area contributed by atoms with Crippen LogP contribution in [0.4, 0.5) is 0 Å². The lowest BCUT2D eigenvalue weighted by Crippen LogP contribution is -2.50. The monoisotopic (exact) mass is 253 g/mol. The average molecular weight is 253 g/mol. The number of hydrogen-bond acceptors (Lipinski definition) is 2. The molecular weight excluding hydrogens is 226 g/mol. The second-order valence-electron chi connectivity index (χ2n) is 6.78. The van der Waals surface area contributed by atoms with Gasteiger partial charge in [-0.15, -0.1) is 0 Å². The molecule has 1 heterocycles. The maximum atomic E-state index is 12.1. The van der Waals surface area contributed by atoms with Crippen molar-refractivity contribution in [1.29, 1.82) is 0 Å². The van der Waals surface area contributed by atoms with Crippen LogP contribution in [-0.2, 0) is 4.79 Å². The molecule has 2 aliphatic rings. The standard InChI is InChI=1S/C15H27NO2/c1-15(2)9-10-16(11-13(15)17)14(18)8-4-7-12-5-3-6-12/h12-13,17H,3-11H2,1-2H3. The molecule has 1 saturated carbocycles. The van der Waals surface area contributed by atoms with Gasteiger partial charge in [0.2, 0.25) is 5.91 Å². The van der Waals surface area contributed by atoms with Crippen molar-refractivity contribution in [2.24, 2.45) is 11.3 Å². The van der Waals surface area contributed by atoms with E-state index in [0.29, 0.717) is 13.0 Å². The van der Waals surface area contributed by atoms with Crippen LogP contribution < -0.4 is 0 Å². The zero-order chi connectivity index (χ0) is 13.2. The molecule has 0 aromatic carbocycles. The van der Waals surface area contributed by atoms with E-state index >= 15 is 0 Å². The van der Waals surface area contributed by atoms with Crippen LogP contribution in [0, 0.1) is 11.3 Å². The second kappa shape index (κ2) is 5.60. The fourth-order valence-electron chi connectivity index (χ4n) is 2.84. The van der Waals surface area contributed by atoms with Gasteiger partial charge in [0.05, 0.1) is 6.10 Å². The number of amides is 1. The minimum Gasteiger partial charge on any atom is -0.391 e. The fraction of sp³-hybridized carbons (Fsp3) is 0.933. The van der Waals surface area contributed by atoms with E-state index < -0.39 is 0 Å². The third-order valence-electron chi connectivity index (χ3n) is 4.90. The normalized spacial score (nSPS) is 27.9. The summed E-state index contributed by atoms with van der Waals surface area (Å²) in [6, 6.07) is 0. The van der Waals surface area contributed by atoms with E-state index in [1.165, 1.54) is 25.7 Å². The SMILES string of the molecule is CC1(C)CCN(C(=O)CCCC2CCC2)CC1O. The maximum Gasteiger partial charge on any atom is 0.222 e. The Morgan fingerprint density at radius 2 is 2.11 bits per heavy atom. The highest BCUT2D eigenvalue weighted by Gasteiger charge is 2.35. The lowest BCUT2D eigenvalue weighted by atomic mass is 9.80. The Labute approximate surface area is 111 Å². The summed E-state index contributed by atoms with van der Waals surface area (Å²) < 4.78 is 0. The van der Waals surface area contributed by atoms with Gasteiger partial charge >= 0.3 is 0 Å². The second-order valence-corrected chi connectivity index (χ2v) is 6.78. The highest BCUT2D eigenvalue weighted by Crippen LogP contribution is 2.32. The molecule has 1 saturated heterocycles. The molecule has 1 aliphatic carbocycles.